The van der Waals surface area contributed by atoms with Crippen molar-refractivity contribution in [3.63, 3.8) is 0 Å². The minimum absolute atomic E-state index is 0.222. The molecular weight excluding hydrogens is 304 g/mol. The zero-order valence-corrected chi connectivity index (χ0v) is 14.5. The number of allylic oxidation sites excluding steroid dienone is 2. The van der Waals surface area contributed by atoms with Crippen LogP contribution in [0.5, 0.6) is 0 Å². The van der Waals surface area contributed by atoms with E-state index in [0.29, 0.717) is 18.4 Å². The molecule has 0 aromatic heterocycles. The number of aliphatic carboxylic acids is 1. The zero-order chi connectivity index (χ0) is 17.2. The van der Waals surface area contributed by atoms with Crippen molar-refractivity contribution in [1.82, 2.24) is 0 Å². The first-order valence-corrected chi connectivity index (χ1v) is 9.29. The Hall–Kier alpha value is -1.31. The van der Waals surface area contributed by atoms with Crippen LogP contribution in [0.2, 0.25) is 0 Å². The lowest BCUT2D eigenvalue weighted by molar-refractivity contribution is -0.137. The quantitative estimate of drug-likeness (QED) is 0.334. The van der Waals surface area contributed by atoms with Crippen LogP contribution in [0.1, 0.15) is 64.2 Å². The van der Waals surface area contributed by atoms with Gasteiger partial charge in [-0.25, -0.2) is 0 Å². The minimum atomic E-state index is -0.722. The molecule has 24 heavy (non-hydrogen) atoms. The number of fused-ring (bicyclic) bond motifs is 2. The topological polar surface area (TPSA) is 55.8 Å². The second-order valence-corrected chi connectivity index (χ2v) is 6.80. The van der Waals surface area contributed by atoms with Gasteiger partial charge in [-0.05, 0) is 44.9 Å². The summed E-state index contributed by atoms with van der Waals surface area (Å²) in [6.45, 7) is 0.792. The SMILES string of the molecule is C#CCCCCCO[C@H]1[C@@H](C/C=C\CCCC(=O)O)[C@H]2CC[C@@H]1O2. The number of carboxylic acids is 1. The van der Waals surface area contributed by atoms with Gasteiger partial charge >= 0.3 is 5.97 Å². The van der Waals surface area contributed by atoms with E-state index in [2.05, 4.69) is 18.1 Å². The van der Waals surface area contributed by atoms with Gasteiger partial charge in [0.1, 0.15) is 0 Å². The Kier molecular flexibility index (Phi) is 8.35. The molecule has 0 radical (unpaired) electrons. The van der Waals surface area contributed by atoms with Crippen molar-refractivity contribution in [2.75, 3.05) is 6.61 Å². The van der Waals surface area contributed by atoms with E-state index in [1.807, 2.05) is 0 Å². The highest BCUT2D eigenvalue weighted by atomic mass is 16.6. The Morgan fingerprint density at radius 3 is 2.83 bits per heavy atom. The van der Waals surface area contributed by atoms with Gasteiger partial charge in [0.25, 0.3) is 0 Å². The van der Waals surface area contributed by atoms with E-state index in [0.717, 1.165) is 58.0 Å². The lowest BCUT2D eigenvalue weighted by Gasteiger charge is -2.27. The molecule has 0 saturated carbocycles. The van der Waals surface area contributed by atoms with Crippen LogP contribution in [-0.2, 0) is 14.3 Å². The van der Waals surface area contributed by atoms with Crippen molar-refractivity contribution >= 4 is 5.97 Å². The van der Waals surface area contributed by atoms with E-state index in [-0.39, 0.29) is 18.6 Å². The highest BCUT2D eigenvalue weighted by Gasteiger charge is 2.48. The van der Waals surface area contributed by atoms with Crippen LogP contribution in [0.3, 0.4) is 0 Å². The second kappa shape index (κ2) is 10.5. The number of carbonyl (C=O) groups is 1. The first kappa shape index (κ1) is 19.0. The third-order valence-electron chi connectivity index (χ3n) is 4.96. The summed E-state index contributed by atoms with van der Waals surface area (Å²) in [6, 6.07) is 0. The van der Waals surface area contributed by atoms with Crippen molar-refractivity contribution in [3.8, 4) is 12.3 Å². The smallest absolute Gasteiger partial charge is 0.303 e. The van der Waals surface area contributed by atoms with Gasteiger partial charge in [-0.2, -0.15) is 0 Å². The summed E-state index contributed by atoms with van der Waals surface area (Å²) < 4.78 is 12.2. The first-order chi connectivity index (χ1) is 11.7. The van der Waals surface area contributed by atoms with Crippen molar-refractivity contribution in [2.45, 2.75) is 82.5 Å². The van der Waals surface area contributed by atoms with E-state index in [1.54, 1.807) is 0 Å². The average Bonchev–Trinajstić information content (AvgIpc) is 3.15. The third kappa shape index (κ3) is 5.96. The molecule has 0 amide bonds. The summed E-state index contributed by atoms with van der Waals surface area (Å²) in [5.41, 5.74) is 0. The van der Waals surface area contributed by atoms with E-state index in [1.165, 1.54) is 0 Å². The molecular formula is C20H30O4. The summed E-state index contributed by atoms with van der Waals surface area (Å²) in [6.07, 6.45) is 19.5. The summed E-state index contributed by atoms with van der Waals surface area (Å²) in [7, 11) is 0. The zero-order valence-electron chi connectivity index (χ0n) is 14.5. The van der Waals surface area contributed by atoms with Gasteiger partial charge in [0.15, 0.2) is 0 Å². The van der Waals surface area contributed by atoms with Crippen LogP contribution in [0.4, 0.5) is 0 Å². The average molecular weight is 334 g/mol. The van der Waals surface area contributed by atoms with Gasteiger partial charge in [0, 0.05) is 25.4 Å². The Morgan fingerprint density at radius 2 is 2.04 bits per heavy atom. The highest BCUT2D eigenvalue weighted by Crippen LogP contribution is 2.42. The van der Waals surface area contributed by atoms with Gasteiger partial charge in [0.2, 0.25) is 0 Å². The van der Waals surface area contributed by atoms with E-state index in [4.69, 9.17) is 21.0 Å². The molecule has 2 heterocycles. The molecule has 1 N–H and O–H groups in total. The van der Waals surface area contributed by atoms with E-state index >= 15 is 0 Å². The number of hydrogen-bond acceptors (Lipinski definition) is 3. The molecule has 4 heteroatoms. The van der Waals surface area contributed by atoms with Crippen molar-refractivity contribution < 1.29 is 19.4 Å². The number of hydrogen-bond donors (Lipinski definition) is 1. The molecule has 134 valence electrons. The predicted octanol–water partition coefficient (Wildman–Crippen LogP) is 3.94. The molecule has 4 atom stereocenters. The second-order valence-electron chi connectivity index (χ2n) is 6.80. The number of ether oxygens (including phenoxy) is 2. The monoisotopic (exact) mass is 334 g/mol. The lowest BCUT2D eigenvalue weighted by Crippen LogP contribution is -2.34. The van der Waals surface area contributed by atoms with Gasteiger partial charge in [-0.15, -0.1) is 12.3 Å². The molecule has 2 saturated heterocycles. The van der Waals surface area contributed by atoms with Crippen molar-refractivity contribution in [3.05, 3.63) is 12.2 Å². The normalized spacial score (nSPS) is 28.5. The number of unbranched alkanes of at least 4 members (excludes halogenated alkanes) is 4. The lowest BCUT2D eigenvalue weighted by atomic mass is 9.84. The third-order valence-corrected chi connectivity index (χ3v) is 4.96. The molecule has 4 nitrogen and oxygen atoms in total. The minimum Gasteiger partial charge on any atom is -0.481 e. The summed E-state index contributed by atoms with van der Waals surface area (Å²) in [4.78, 5) is 10.5. The van der Waals surface area contributed by atoms with Crippen LogP contribution >= 0.6 is 0 Å². The van der Waals surface area contributed by atoms with E-state index in [9.17, 15) is 4.79 Å². The van der Waals surface area contributed by atoms with Crippen LogP contribution in [-0.4, -0.2) is 36.0 Å². The molecule has 0 unspecified atom stereocenters. The van der Waals surface area contributed by atoms with E-state index < -0.39 is 5.97 Å². The number of terminal acetylenes is 1. The molecule has 0 spiro atoms. The summed E-state index contributed by atoms with van der Waals surface area (Å²) >= 11 is 0. The fourth-order valence-corrected chi connectivity index (χ4v) is 3.72. The number of carboxylic acid groups (broad SMARTS) is 1. The Bertz CT molecular complexity index is 451. The maximum Gasteiger partial charge on any atom is 0.303 e. The maximum atomic E-state index is 10.5. The molecule has 2 bridgehead atoms. The Labute approximate surface area is 145 Å². The first-order valence-electron chi connectivity index (χ1n) is 9.29. The molecule has 2 fully saturated rings. The van der Waals surface area contributed by atoms with Gasteiger partial charge in [-0.1, -0.05) is 18.6 Å². The van der Waals surface area contributed by atoms with Crippen molar-refractivity contribution in [2.24, 2.45) is 5.92 Å². The maximum absolute atomic E-state index is 10.5. The standard InChI is InChI=1S/C20H30O4/c1-2-3-4-7-10-15-23-20-16(17-13-14-18(20)24-17)11-8-5-6-9-12-19(21)22/h1,5,8,16-18,20H,3-4,6-7,9-15H2,(H,21,22)/b8-5-/t16-,17+,18-,20-/m0/s1. The molecule has 0 aliphatic carbocycles. The van der Waals surface area contributed by atoms with Crippen LogP contribution in [0.15, 0.2) is 12.2 Å². The van der Waals surface area contributed by atoms with Crippen LogP contribution in [0, 0.1) is 18.3 Å². The molecule has 2 aliphatic heterocycles. The largest absolute Gasteiger partial charge is 0.481 e. The summed E-state index contributed by atoms with van der Waals surface area (Å²) in [5.74, 6) is 2.40. The van der Waals surface area contributed by atoms with Crippen molar-refractivity contribution in [1.29, 1.82) is 0 Å². The molecule has 0 aromatic rings. The number of rotatable bonds is 12. The highest BCUT2D eigenvalue weighted by molar-refractivity contribution is 5.66. The van der Waals surface area contributed by atoms with Gasteiger partial charge in [-0.3, -0.25) is 4.79 Å². The van der Waals surface area contributed by atoms with Crippen LogP contribution < -0.4 is 0 Å². The molecule has 0 aromatic carbocycles. The molecule has 2 aliphatic rings. The molecule has 2 rings (SSSR count). The predicted molar refractivity (Wildman–Crippen MR) is 93.7 cm³/mol. The summed E-state index contributed by atoms with van der Waals surface area (Å²) in [5, 5.41) is 8.63. The van der Waals surface area contributed by atoms with Gasteiger partial charge < -0.3 is 14.6 Å². The Morgan fingerprint density at radius 1 is 1.21 bits per heavy atom. The van der Waals surface area contributed by atoms with Crippen LogP contribution in [0.25, 0.3) is 0 Å². The Balaban J connectivity index is 1.66. The van der Waals surface area contributed by atoms with Gasteiger partial charge in [0.05, 0.1) is 18.3 Å². The fraction of sp³-hybridized carbons (Fsp3) is 0.750. The fourth-order valence-electron chi connectivity index (χ4n) is 3.72.